The largest absolute Gasteiger partial charge is 0.497 e. The summed E-state index contributed by atoms with van der Waals surface area (Å²) in [6, 6.07) is 39.3. The third kappa shape index (κ3) is 12.1. The molecule has 6 aromatic carbocycles. The van der Waals surface area contributed by atoms with E-state index in [2.05, 4.69) is 11.4 Å². The molecule has 67 heavy (non-hydrogen) atoms. The lowest BCUT2D eigenvalue weighted by atomic mass is 10.1. The third-order valence-electron chi connectivity index (χ3n) is 10.6. The molecule has 344 valence electrons. The highest BCUT2D eigenvalue weighted by Gasteiger charge is 2.20. The first kappa shape index (κ1) is 48.6. The predicted molar refractivity (Wildman–Crippen MR) is 257 cm³/mol. The molecule has 0 aliphatic rings. The molecule has 0 unspecified atom stereocenters. The maximum Gasteiger partial charge on any atom is 0.341 e. The molecule has 15 heteroatoms. The van der Waals surface area contributed by atoms with Crippen molar-refractivity contribution in [2.45, 2.75) is 26.2 Å². The molecule has 0 amide bonds. The molecule has 0 atom stereocenters. The standard InChI is InChI=1S/C26H23FN2O4.C17H11ClFNO3.C9H13NO/c1-28(14-18-9-6-10-19(11-18)33-2)24-13-23-20(12-22(24)27)25(30)21(26(31)32)16-29(23)15-17-7-4-3-5-8-17;18-13-7-15-11(6-14(13)19)16(21)12(17(22)23)9-20(15)8-10-4-2-1-3-5-10;1-10-7-8-4-3-5-9(6-8)11-2/h3-13,16H,14-15H2,1-2H3,(H,31,32);1-7,9H,8H2,(H,22,23);3-6,10H,7H2,1-2H3. The summed E-state index contributed by atoms with van der Waals surface area (Å²) in [7, 11) is 6.95. The maximum absolute atomic E-state index is 15.1. The van der Waals surface area contributed by atoms with Crippen LogP contribution >= 0.6 is 11.6 Å². The Morgan fingerprint density at radius 3 is 1.55 bits per heavy atom. The van der Waals surface area contributed by atoms with Crippen LogP contribution < -0.4 is 30.5 Å². The monoisotopic (exact) mass is 928 g/mol. The molecule has 8 rings (SSSR count). The SMILES string of the molecule is CNCc1cccc(OC)c1.COc1cccc(CN(C)c2cc3c(cc2F)c(=O)c(C(=O)O)cn3Cc2ccccc2)c1.O=C(O)c1cn(Cc2ccccc2)c2cc(Cl)c(F)cc2c1=O. The van der Waals surface area contributed by atoms with E-state index in [-0.39, 0.29) is 15.8 Å². The van der Waals surface area contributed by atoms with Gasteiger partial charge in [-0.15, -0.1) is 0 Å². The summed E-state index contributed by atoms with van der Waals surface area (Å²) in [6.07, 6.45) is 2.58. The lowest BCUT2D eigenvalue weighted by Crippen LogP contribution is -2.21. The van der Waals surface area contributed by atoms with Crippen LogP contribution in [0.1, 0.15) is 43.0 Å². The van der Waals surface area contributed by atoms with Gasteiger partial charge in [-0.3, -0.25) is 9.59 Å². The highest BCUT2D eigenvalue weighted by Crippen LogP contribution is 2.28. The summed E-state index contributed by atoms with van der Waals surface area (Å²) in [6.45, 7) is 1.97. The first-order valence-corrected chi connectivity index (χ1v) is 21.1. The number of aromatic nitrogens is 2. The van der Waals surface area contributed by atoms with Gasteiger partial charge in [-0.2, -0.15) is 0 Å². The van der Waals surface area contributed by atoms with Crippen molar-refractivity contribution < 1.29 is 38.1 Å². The van der Waals surface area contributed by atoms with Gasteiger partial charge in [0.25, 0.3) is 0 Å². The Morgan fingerprint density at radius 2 is 1.07 bits per heavy atom. The Balaban J connectivity index is 0.000000188. The second-order valence-electron chi connectivity index (χ2n) is 15.3. The molecule has 12 nitrogen and oxygen atoms in total. The number of nitrogens with one attached hydrogen (secondary N) is 1. The molecule has 2 aromatic heterocycles. The summed E-state index contributed by atoms with van der Waals surface area (Å²) >= 11 is 5.81. The minimum absolute atomic E-state index is 0.0114. The van der Waals surface area contributed by atoms with Crippen LogP contribution in [0.15, 0.2) is 155 Å². The van der Waals surface area contributed by atoms with E-state index in [0.717, 1.165) is 41.1 Å². The zero-order chi connectivity index (χ0) is 48.2. The van der Waals surface area contributed by atoms with Gasteiger partial charge >= 0.3 is 11.9 Å². The van der Waals surface area contributed by atoms with Gasteiger partial charge < -0.3 is 39.0 Å². The highest BCUT2D eigenvalue weighted by atomic mass is 35.5. The minimum atomic E-state index is -1.35. The Kier molecular flexibility index (Phi) is 16.3. The first-order chi connectivity index (χ1) is 32.2. The summed E-state index contributed by atoms with van der Waals surface area (Å²) in [5, 5.41) is 21.7. The van der Waals surface area contributed by atoms with Crippen molar-refractivity contribution in [3.05, 3.63) is 216 Å². The number of aromatic carboxylic acids is 2. The van der Waals surface area contributed by atoms with Crippen molar-refractivity contribution in [3.8, 4) is 11.5 Å². The number of hydrogen-bond acceptors (Lipinski definition) is 8. The number of carboxylic acid groups (broad SMARTS) is 2. The van der Waals surface area contributed by atoms with E-state index in [1.54, 1.807) is 41.4 Å². The smallest absolute Gasteiger partial charge is 0.341 e. The Hall–Kier alpha value is -7.81. The summed E-state index contributed by atoms with van der Waals surface area (Å²) < 4.78 is 42.4. The van der Waals surface area contributed by atoms with Gasteiger partial charge in [-0.05, 0) is 77.8 Å². The number of carbonyl (C=O) groups is 2. The number of anilines is 1. The number of methoxy groups -OCH3 is 2. The molecule has 0 bridgehead atoms. The number of pyridine rings is 2. The lowest BCUT2D eigenvalue weighted by Gasteiger charge is -2.22. The second kappa shape index (κ2) is 22.4. The van der Waals surface area contributed by atoms with Crippen LogP contribution in [0.2, 0.25) is 5.02 Å². The molecule has 0 radical (unpaired) electrons. The van der Waals surface area contributed by atoms with E-state index in [1.165, 1.54) is 24.0 Å². The number of rotatable bonds is 13. The third-order valence-corrected chi connectivity index (χ3v) is 10.9. The maximum atomic E-state index is 15.1. The van der Waals surface area contributed by atoms with Gasteiger partial charge in [0.2, 0.25) is 10.9 Å². The zero-order valence-electron chi connectivity index (χ0n) is 37.0. The van der Waals surface area contributed by atoms with Crippen molar-refractivity contribution >= 4 is 51.0 Å². The second-order valence-corrected chi connectivity index (χ2v) is 15.7. The van der Waals surface area contributed by atoms with E-state index in [9.17, 15) is 33.8 Å². The summed E-state index contributed by atoms with van der Waals surface area (Å²) in [5.41, 5.74) is 2.92. The fourth-order valence-electron chi connectivity index (χ4n) is 7.32. The number of benzene rings is 6. The fourth-order valence-corrected chi connectivity index (χ4v) is 7.48. The molecule has 8 aromatic rings. The van der Waals surface area contributed by atoms with E-state index >= 15 is 4.39 Å². The van der Waals surface area contributed by atoms with E-state index < -0.39 is 45.6 Å². The van der Waals surface area contributed by atoms with Crippen LogP contribution in [0.3, 0.4) is 0 Å². The van der Waals surface area contributed by atoms with Crippen LogP contribution in [-0.2, 0) is 26.2 Å². The first-order valence-electron chi connectivity index (χ1n) is 20.8. The van der Waals surface area contributed by atoms with Crippen LogP contribution in [0, 0.1) is 11.6 Å². The molecular formula is C52H47ClF2N4O8. The number of halogens is 3. The lowest BCUT2D eigenvalue weighted by molar-refractivity contribution is 0.0684. The van der Waals surface area contributed by atoms with Crippen molar-refractivity contribution in [1.29, 1.82) is 0 Å². The van der Waals surface area contributed by atoms with E-state index in [4.69, 9.17) is 21.1 Å². The molecule has 0 aliphatic heterocycles. The van der Waals surface area contributed by atoms with E-state index in [0.29, 0.717) is 42.1 Å². The van der Waals surface area contributed by atoms with Crippen molar-refractivity contribution in [3.63, 3.8) is 0 Å². The fraction of sp³-hybridized carbons (Fsp3) is 0.154. The van der Waals surface area contributed by atoms with E-state index in [1.807, 2.05) is 110 Å². The van der Waals surface area contributed by atoms with Crippen LogP contribution in [0.5, 0.6) is 11.5 Å². The van der Waals surface area contributed by atoms with Gasteiger partial charge in [-0.1, -0.05) is 96.5 Å². The number of fused-ring (bicyclic) bond motifs is 2. The van der Waals surface area contributed by atoms with Gasteiger partial charge in [0.15, 0.2) is 0 Å². The summed E-state index contributed by atoms with van der Waals surface area (Å²) in [4.78, 5) is 49.7. The number of nitrogens with zero attached hydrogens (tertiary/aromatic N) is 3. The van der Waals surface area contributed by atoms with Crippen molar-refractivity contribution in [2.75, 3.05) is 33.2 Å². The quantitative estimate of drug-likeness (QED) is 0.102. The topological polar surface area (TPSA) is 152 Å². The van der Waals surface area contributed by atoms with Crippen molar-refractivity contribution in [1.82, 2.24) is 14.5 Å². The van der Waals surface area contributed by atoms with Gasteiger partial charge in [0.1, 0.15) is 34.3 Å². The molecule has 0 saturated heterocycles. The molecule has 3 N–H and O–H groups in total. The average Bonchev–Trinajstić information content (AvgIpc) is 3.32. The minimum Gasteiger partial charge on any atom is -0.497 e. The van der Waals surface area contributed by atoms with Gasteiger partial charge in [0.05, 0.1) is 36.0 Å². The molecule has 0 saturated carbocycles. The zero-order valence-corrected chi connectivity index (χ0v) is 37.8. The molecule has 0 aliphatic carbocycles. The van der Waals surface area contributed by atoms with Crippen LogP contribution in [-0.4, -0.2) is 59.6 Å². The Morgan fingerprint density at radius 1 is 0.627 bits per heavy atom. The van der Waals surface area contributed by atoms with Crippen molar-refractivity contribution in [2.24, 2.45) is 0 Å². The molecular weight excluding hydrogens is 882 g/mol. The highest BCUT2D eigenvalue weighted by molar-refractivity contribution is 6.31. The molecule has 2 heterocycles. The molecule has 0 fully saturated rings. The number of carboxylic acids is 2. The average molecular weight is 929 g/mol. The van der Waals surface area contributed by atoms with Crippen LogP contribution in [0.4, 0.5) is 14.5 Å². The predicted octanol–water partition coefficient (Wildman–Crippen LogP) is 9.49. The Labute approximate surface area is 389 Å². The van der Waals surface area contributed by atoms with Gasteiger partial charge in [-0.25, -0.2) is 18.4 Å². The number of ether oxygens (including phenoxy) is 2. The summed E-state index contributed by atoms with van der Waals surface area (Å²) in [5.74, 6) is -2.43. The van der Waals surface area contributed by atoms with Gasteiger partial charge in [0, 0.05) is 56.4 Å². The molecule has 0 spiro atoms. The normalized spacial score (nSPS) is 10.7. The number of hydrogen-bond donors (Lipinski definition) is 3. The Bertz CT molecular complexity index is 3160. The van der Waals surface area contributed by atoms with Crippen LogP contribution in [0.25, 0.3) is 21.8 Å².